The van der Waals surface area contributed by atoms with Crippen molar-refractivity contribution in [3.8, 4) is 0 Å². The fraction of sp³-hybridized carbons (Fsp3) is 0.0769. The summed E-state index contributed by atoms with van der Waals surface area (Å²) in [6, 6.07) is 7.69. The summed E-state index contributed by atoms with van der Waals surface area (Å²) in [6.07, 6.45) is 3.09. The molecule has 2 aromatic rings. The van der Waals surface area contributed by atoms with Gasteiger partial charge in [0.2, 0.25) is 0 Å². The number of pyridine rings is 1. The van der Waals surface area contributed by atoms with Gasteiger partial charge < -0.3 is 5.32 Å². The summed E-state index contributed by atoms with van der Waals surface area (Å²) in [5, 5.41) is 2.69. The Balaban J connectivity index is 0.00000162. The molecule has 5 heteroatoms. The summed E-state index contributed by atoms with van der Waals surface area (Å²) in [7, 11) is 0. The second kappa shape index (κ2) is 6.12. The molecule has 2 rings (SSSR count). The molecule has 0 saturated heterocycles. The van der Waals surface area contributed by atoms with E-state index in [2.05, 4.69) is 10.3 Å². The molecule has 0 atom stereocenters. The molecule has 1 aromatic heterocycles. The van der Waals surface area contributed by atoms with Crippen LogP contribution in [0.1, 0.15) is 15.9 Å². The second-order valence-electron chi connectivity index (χ2n) is 3.65. The number of rotatable bonds is 2. The number of nitrogens with zero attached hydrogens (tertiary/aromatic N) is 1. The Labute approximate surface area is 110 Å². The van der Waals surface area contributed by atoms with Crippen molar-refractivity contribution in [2.45, 2.75) is 6.92 Å². The molecule has 3 nitrogen and oxygen atoms in total. The average Bonchev–Trinajstić information content (AvgIpc) is 2.35. The Morgan fingerprint density at radius 3 is 2.50 bits per heavy atom. The first-order valence-corrected chi connectivity index (χ1v) is 5.14. The van der Waals surface area contributed by atoms with Gasteiger partial charge in [0, 0.05) is 23.6 Å². The zero-order valence-electron chi connectivity index (χ0n) is 9.68. The van der Waals surface area contributed by atoms with Gasteiger partial charge in [0.1, 0.15) is 5.82 Å². The fourth-order valence-corrected chi connectivity index (χ4v) is 1.43. The van der Waals surface area contributed by atoms with Crippen LogP contribution in [0, 0.1) is 12.7 Å². The van der Waals surface area contributed by atoms with Gasteiger partial charge in [-0.1, -0.05) is 0 Å². The van der Waals surface area contributed by atoms with Crippen molar-refractivity contribution >= 4 is 24.0 Å². The Morgan fingerprint density at radius 2 is 1.89 bits per heavy atom. The van der Waals surface area contributed by atoms with Gasteiger partial charge in [-0.05, 0) is 42.8 Å². The monoisotopic (exact) mass is 266 g/mol. The maximum Gasteiger partial charge on any atom is 0.255 e. The first-order chi connectivity index (χ1) is 8.16. The van der Waals surface area contributed by atoms with Crippen molar-refractivity contribution in [3.63, 3.8) is 0 Å². The maximum absolute atomic E-state index is 13.0. The van der Waals surface area contributed by atoms with Crippen LogP contribution in [0.3, 0.4) is 0 Å². The lowest BCUT2D eigenvalue weighted by molar-refractivity contribution is 0.102. The van der Waals surface area contributed by atoms with Crippen LogP contribution in [0.4, 0.5) is 10.1 Å². The van der Waals surface area contributed by atoms with Crippen LogP contribution >= 0.6 is 12.4 Å². The molecule has 0 aliphatic carbocycles. The Bertz CT molecular complexity index is 546. The minimum Gasteiger partial charge on any atom is -0.322 e. The number of hydrogen-bond donors (Lipinski definition) is 1. The van der Waals surface area contributed by atoms with Crippen LogP contribution in [0.25, 0.3) is 0 Å². The molecular formula is C13H12ClFN2O. The number of hydrogen-bond acceptors (Lipinski definition) is 2. The highest BCUT2D eigenvalue weighted by molar-refractivity contribution is 6.04. The molecule has 0 fully saturated rings. The number of benzene rings is 1. The Hall–Kier alpha value is -1.94. The molecule has 1 N–H and O–H groups in total. The van der Waals surface area contributed by atoms with E-state index in [0.717, 1.165) is 0 Å². The van der Waals surface area contributed by atoms with Crippen molar-refractivity contribution in [2.75, 3.05) is 5.32 Å². The molecule has 1 heterocycles. The number of aromatic nitrogens is 1. The van der Waals surface area contributed by atoms with Crippen molar-refractivity contribution in [2.24, 2.45) is 0 Å². The smallest absolute Gasteiger partial charge is 0.255 e. The molecular weight excluding hydrogens is 255 g/mol. The van der Waals surface area contributed by atoms with E-state index in [1.807, 2.05) is 0 Å². The first kappa shape index (κ1) is 14.1. The molecule has 0 bridgehead atoms. The topological polar surface area (TPSA) is 42.0 Å². The predicted octanol–water partition coefficient (Wildman–Crippen LogP) is 3.20. The van der Waals surface area contributed by atoms with E-state index in [-0.39, 0.29) is 24.1 Å². The number of carbonyl (C=O) groups excluding carboxylic acids is 1. The van der Waals surface area contributed by atoms with Crippen LogP contribution < -0.4 is 5.32 Å². The Kier molecular flexibility index (Phi) is 4.80. The lowest BCUT2D eigenvalue weighted by Crippen LogP contribution is -2.11. The summed E-state index contributed by atoms with van der Waals surface area (Å²) >= 11 is 0. The Morgan fingerprint density at radius 1 is 1.22 bits per heavy atom. The molecule has 0 radical (unpaired) electrons. The maximum atomic E-state index is 13.0. The third-order valence-electron chi connectivity index (χ3n) is 2.36. The summed E-state index contributed by atoms with van der Waals surface area (Å²) < 4.78 is 13.0. The SMILES string of the molecule is Cc1cc(NC(=O)c2ccncc2)ccc1F.Cl. The molecule has 0 aliphatic rings. The van der Waals surface area contributed by atoms with E-state index in [9.17, 15) is 9.18 Å². The minimum atomic E-state index is -0.285. The summed E-state index contributed by atoms with van der Waals surface area (Å²) in [5.74, 6) is -0.523. The van der Waals surface area contributed by atoms with Crippen molar-refractivity contribution in [3.05, 3.63) is 59.7 Å². The van der Waals surface area contributed by atoms with Crippen molar-refractivity contribution in [1.82, 2.24) is 4.98 Å². The molecule has 0 spiro atoms. The molecule has 0 unspecified atom stereocenters. The lowest BCUT2D eigenvalue weighted by Gasteiger charge is -2.06. The number of carbonyl (C=O) groups is 1. The lowest BCUT2D eigenvalue weighted by atomic mass is 10.2. The first-order valence-electron chi connectivity index (χ1n) is 5.14. The van der Waals surface area contributed by atoms with Gasteiger partial charge >= 0.3 is 0 Å². The van der Waals surface area contributed by atoms with Crippen LogP contribution in [0.2, 0.25) is 0 Å². The number of aryl methyl sites for hydroxylation is 1. The highest BCUT2D eigenvalue weighted by Gasteiger charge is 2.06. The zero-order chi connectivity index (χ0) is 12.3. The minimum absolute atomic E-state index is 0. The summed E-state index contributed by atoms with van der Waals surface area (Å²) in [6.45, 7) is 1.65. The van der Waals surface area contributed by atoms with Gasteiger partial charge in [-0.2, -0.15) is 0 Å². The summed E-state index contributed by atoms with van der Waals surface area (Å²) in [5.41, 5.74) is 1.59. The van der Waals surface area contributed by atoms with E-state index in [1.165, 1.54) is 12.1 Å². The van der Waals surface area contributed by atoms with Crippen molar-refractivity contribution < 1.29 is 9.18 Å². The van der Waals surface area contributed by atoms with Crippen LogP contribution in [-0.4, -0.2) is 10.9 Å². The molecule has 18 heavy (non-hydrogen) atoms. The van der Waals surface area contributed by atoms with Gasteiger partial charge in [0.15, 0.2) is 0 Å². The van der Waals surface area contributed by atoms with E-state index in [0.29, 0.717) is 16.8 Å². The largest absolute Gasteiger partial charge is 0.322 e. The number of halogens is 2. The van der Waals surface area contributed by atoms with E-state index < -0.39 is 0 Å². The second-order valence-corrected chi connectivity index (χ2v) is 3.65. The molecule has 0 aliphatic heterocycles. The van der Waals surface area contributed by atoms with E-state index >= 15 is 0 Å². The van der Waals surface area contributed by atoms with Crippen LogP contribution in [0.15, 0.2) is 42.7 Å². The van der Waals surface area contributed by atoms with Crippen LogP contribution in [0.5, 0.6) is 0 Å². The quantitative estimate of drug-likeness (QED) is 0.907. The highest BCUT2D eigenvalue weighted by atomic mass is 35.5. The van der Waals surface area contributed by atoms with Crippen LogP contribution in [-0.2, 0) is 0 Å². The molecule has 94 valence electrons. The average molecular weight is 267 g/mol. The van der Waals surface area contributed by atoms with Gasteiger partial charge in [-0.15, -0.1) is 12.4 Å². The third kappa shape index (κ3) is 3.28. The number of anilines is 1. The zero-order valence-corrected chi connectivity index (χ0v) is 10.5. The van der Waals surface area contributed by atoms with E-state index in [4.69, 9.17) is 0 Å². The molecule has 0 saturated carbocycles. The highest BCUT2D eigenvalue weighted by Crippen LogP contribution is 2.14. The number of nitrogens with one attached hydrogen (secondary N) is 1. The normalized spacial score (nSPS) is 9.44. The molecule has 1 aromatic carbocycles. The number of amides is 1. The summed E-state index contributed by atoms with van der Waals surface area (Å²) in [4.78, 5) is 15.6. The van der Waals surface area contributed by atoms with Crippen molar-refractivity contribution in [1.29, 1.82) is 0 Å². The van der Waals surface area contributed by atoms with Gasteiger partial charge in [-0.3, -0.25) is 9.78 Å². The molecule has 1 amide bonds. The standard InChI is InChI=1S/C13H11FN2O.ClH/c1-9-8-11(2-3-12(9)14)16-13(17)10-4-6-15-7-5-10;/h2-8H,1H3,(H,16,17);1H. The van der Waals surface area contributed by atoms with Gasteiger partial charge in [-0.25, -0.2) is 4.39 Å². The third-order valence-corrected chi connectivity index (χ3v) is 2.36. The van der Waals surface area contributed by atoms with E-state index in [1.54, 1.807) is 37.5 Å². The van der Waals surface area contributed by atoms with Gasteiger partial charge in [0.25, 0.3) is 5.91 Å². The van der Waals surface area contributed by atoms with Gasteiger partial charge in [0.05, 0.1) is 0 Å². The fourth-order valence-electron chi connectivity index (χ4n) is 1.43. The predicted molar refractivity (Wildman–Crippen MR) is 70.6 cm³/mol.